The molecule has 0 fully saturated rings. The minimum atomic E-state index is -0.815. The van der Waals surface area contributed by atoms with Gasteiger partial charge in [0, 0.05) is 19.3 Å². The van der Waals surface area contributed by atoms with Gasteiger partial charge in [-0.05, 0) is 57.8 Å². The van der Waals surface area contributed by atoms with Gasteiger partial charge in [0.05, 0.1) is 0 Å². The summed E-state index contributed by atoms with van der Waals surface area (Å²) < 4.78 is 16.9. The van der Waals surface area contributed by atoms with Gasteiger partial charge in [0.2, 0.25) is 0 Å². The first-order chi connectivity index (χ1) is 40.0. The summed E-state index contributed by atoms with van der Waals surface area (Å²) in [5, 5.41) is 0. The smallest absolute Gasteiger partial charge is 0.306 e. The minimum absolute atomic E-state index is 0.101. The van der Waals surface area contributed by atoms with E-state index in [0.29, 0.717) is 19.3 Å². The van der Waals surface area contributed by atoms with E-state index in [1.165, 1.54) is 244 Å². The third kappa shape index (κ3) is 67.5. The Morgan fingerprint density at radius 3 is 0.728 bits per heavy atom. The van der Waals surface area contributed by atoms with E-state index in [-0.39, 0.29) is 37.5 Å². The number of hydrogen-bond donors (Lipinski definition) is 0. The maximum atomic E-state index is 12.9. The van der Waals surface area contributed by atoms with Crippen LogP contribution in [0.25, 0.3) is 0 Å². The van der Waals surface area contributed by atoms with Crippen LogP contribution in [-0.2, 0) is 28.6 Å². The first-order valence-corrected chi connectivity index (χ1v) is 35.4. The predicted octanol–water partition coefficient (Wildman–Crippen LogP) is 24.4. The van der Waals surface area contributed by atoms with Gasteiger partial charge in [-0.1, -0.05) is 363 Å². The van der Waals surface area contributed by atoms with E-state index in [1.807, 2.05) is 6.08 Å². The van der Waals surface area contributed by atoms with Crippen molar-refractivity contribution in [2.45, 2.75) is 374 Å². The van der Waals surface area contributed by atoms with Crippen LogP contribution in [0, 0.1) is 0 Å². The second kappa shape index (κ2) is 69.3. The molecule has 0 N–H and O–H groups in total. The molecule has 0 rings (SSSR count). The van der Waals surface area contributed by atoms with Crippen molar-refractivity contribution < 1.29 is 28.6 Å². The van der Waals surface area contributed by atoms with Gasteiger partial charge in [-0.3, -0.25) is 14.4 Å². The highest BCUT2D eigenvalue weighted by atomic mass is 16.6. The standard InChI is InChI=1S/C75H134O6/c1-4-7-10-13-16-19-22-25-28-31-33-34-35-36-37-38-39-40-42-44-47-50-53-56-59-62-65-68-74(77)80-71-72(70-79-73(76)67-64-61-58-55-52-49-46-43-30-27-24-21-18-15-12-9-6-3)81-75(78)69-66-63-60-57-54-51-48-45-41-32-29-26-23-20-17-14-11-8-5-2/h8,11,17,20,26,29,41,45,51,54,60,63,72H,4-7,9-10,12-16,18-19,21-25,27-28,30-40,42-44,46-50,52-53,55-59,61-62,64-71H2,1-3H3/b11-8-,20-17-,29-26-,45-41-,54-51-,63-60-. The fraction of sp³-hybridized carbons (Fsp3) is 0.800. The van der Waals surface area contributed by atoms with Crippen LogP contribution < -0.4 is 0 Å². The number of esters is 3. The van der Waals surface area contributed by atoms with Gasteiger partial charge < -0.3 is 14.2 Å². The molecule has 0 bridgehead atoms. The molecule has 1 atom stereocenters. The highest BCUT2D eigenvalue weighted by molar-refractivity contribution is 5.71. The number of unbranched alkanes of at least 4 members (excludes halogenated alkanes) is 42. The van der Waals surface area contributed by atoms with E-state index >= 15 is 0 Å². The van der Waals surface area contributed by atoms with E-state index in [1.54, 1.807) is 0 Å². The number of carbonyl (C=O) groups is 3. The molecule has 1 unspecified atom stereocenters. The summed E-state index contributed by atoms with van der Waals surface area (Å²) in [6, 6.07) is 0. The van der Waals surface area contributed by atoms with Gasteiger partial charge in [-0.25, -0.2) is 0 Å². The molecule has 470 valence electrons. The first-order valence-electron chi connectivity index (χ1n) is 35.4. The maximum absolute atomic E-state index is 12.9. The first kappa shape index (κ1) is 77.9. The number of ether oxygens (including phenoxy) is 3. The largest absolute Gasteiger partial charge is 0.462 e. The topological polar surface area (TPSA) is 78.9 Å². The zero-order valence-electron chi connectivity index (χ0n) is 54.1. The Balaban J connectivity index is 4.34. The quantitative estimate of drug-likeness (QED) is 0.0261. The lowest BCUT2D eigenvalue weighted by Crippen LogP contribution is -2.30. The molecule has 6 nitrogen and oxygen atoms in total. The average Bonchev–Trinajstić information content (AvgIpc) is 3.47. The molecule has 0 amide bonds. The molecule has 6 heteroatoms. The SMILES string of the molecule is CC/C=C\C/C=C\C/C=C\C/C=C\C/C=C\C/C=C\CCC(=O)OC(COC(=O)CCCCCCCCCCCCCCCCCCC)COC(=O)CCCCCCCCCCCCCCCCCCCCCCCCCCCCC. The number of carbonyl (C=O) groups excluding carboxylic acids is 3. The van der Waals surface area contributed by atoms with Gasteiger partial charge in [0.15, 0.2) is 6.10 Å². The fourth-order valence-corrected chi connectivity index (χ4v) is 10.5. The van der Waals surface area contributed by atoms with Crippen molar-refractivity contribution in [1.29, 1.82) is 0 Å². The van der Waals surface area contributed by atoms with E-state index < -0.39 is 6.10 Å². The Hall–Kier alpha value is -3.15. The van der Waals surface area contributed by atoms with Crippen LogP contribution in [0.15, 0.2) is 72.9 Å². The molecule has 81 heavy (non-hydrogen) atoms. The fourth-order valence-electron chi connectivity index (χ4n) is 10.5. The average molecular weight is 1130 g/mol. The monoisotopic (exact) mass is 1130 g/mol. The van der Waals surface area contributed by atoms with Crippen LogP contribution in [0.5, 0.6) is 0 Å². The lowest BCUT2D eigenvalue weighted by molar-refractivity contribution is -0.166. The third-order valence-electron chi connectivity index (χ3n) is 15.7. The molecule has 0 aromatic heterocycles. The molecule has 0 saturated carbocycles. The van der Waals surface area contributed by atoms with Crippen molar-refractivity contribution >= 4 is 17.9 Å². The molecule has 0 aromatic rings. The van der Waals surface area contributed by atoms with E-state index in [4.69, 9.17) is 14.2 Å². The van der Waals surface area contributed by atoms with Crippen molar-refractivity contribution in [3.63, 3.8) is 0 Å². The maximum Gasteiger partial charge on any atom is 0.306 e. The molecule has 0 radical (unpaired) electrons. The molecule has 0 aliphatic rings. The number of rotatable bonds is 65. The highest BCUT2D eigenvalue weighted by Crippen LogP contribution is 2.18. The lowest BCUT2D eigenvalue weighted by Gasteiger charge is -2.18. The van der Waals surface area contributed by atoms with E-state index in [9.17, 15) is 14.4 Å². The Bertz CT molecular complexity index is 1490. The van der Waals surface area contributed by atoms with Gasteiger partial charge in [0.25, 0.3) is 0 Å². The summed E-state index contributed by atoms with van der Waals surface area (Å²) >= 11 is 0. The van der Waals surface area contributed by atoms with Crippen LogP contribution in [0.1, 0.15) is 367 Å². The normalized spacial score (nSPS) is 12.5. The van der Waals surface area contributed by atoms with Crippen molar-refractivity contribution in [2.75, 3.05) is 13.2 Å². The van der Waals surface area contributed by atoms with Crippen LogP contribution in [0.2, 0.25) is 0 Å². The molecule has 0 saturated heterocycles. The van der Waals surface area contributed by atoms with Crippen LogP contribution in [0.3, 0.4) is 0 Å². The zero-order valence-corrected chi connectivity index (χ0v) is 54.1. The Morgan fingerprint density at radius 2 is 0.481 bits per heavy atom. The highest BCUT2D eigenvalue weighted by Gasteiger charge is 2.19. The van der Waals surface area contributed by atoms with Gasteiger partial charge in [-0.2, -0.15) is 0 Å². The molecule has 0 spiro atoms. The summed E-state index contributed by atoms with van der Waals surface area (Å²) in [4.78, 5) is 38.4. The van der Waals surface area contributed by atoms with Crippen LogP contribution in [-0.4, -0.2) is 37.2 Å². The summed E-state index contributed by atoms with van der Waals surface area (Å²) in [6.07, 6.45) is 90.9. The number of hydrogen-bond acceptors (Lipinski definition) is 6. The van der Waals surface area contributed by atoms with E-state index in [2.05, 4.69) is 87.6 Å². The van der Waals surface area contributed by atoms with Crippen LogP contribution in [0.4, 0.5) is 0 Å². The Morgan fingerprint density at radius 1 is 0.259 bits per heavy atom. The summed E-state index contributed by atoms with van der Waals surface area (Å²) in [7, 11) is 0. The minimum Gasteiger partial charge on any atom is -0.462 e. The van der Waals surface area contributed by atoms with E-state index in [0.717, 1.165) is 77.0 Å². The molecule has 0 heterocycles. The Labute approximate surface area is 503 Å². The van der Waals surface area contributed by atoms with Crippen LogP contribution >= 0.6 is 0 Å². The van der Waals surface area contributed by atoms with Gasteiger partial charge in [0.1, 0.15) is 13.2 Å². The van der Waals surface area contributed by atoms with Crippen molar-refractivity contribution in [3.8, 4) is 0 Å². The molecule has 0 aromatic carbocycles. The second-order valence-corrected chi connectivity index (χ2v) is 23.8. The molecule has 0 aliphatic carbocycles. The second-order valence-electron chi connectivity index (χ2n) is 23.8. The summed E-state index contributed by atoms with van der Waals surface area (Å²) in [5.41, 5.74) is 0. The molecular weight excluding hydrogens is 997 g/mol. The zero-order chi connectivity index (χ0) is 58.5. The summed E-state index contributed by atoms with van der Waals surface area (Å²) in [6.45, 7) is 6.53. The van der Waals surface area contributed by atoms with Crippen molar-refractivity contribution in [2.24, 2.45) is 0 Å². The lowest BCUT2D eigenvalue weighted by atomic mass is 10.0. The van der Waals surface area contributed by atoms with Gasteiger partial charge in [-0.15, -0.1) is 0 Å². The Kier molecular flexibility index (Phi) is 66.6. The van der Waals surface area contributed by atoms with Crippen molar-refractivity contribution in [3.05, 3.63) is 72.9 Å². The summed E-state index contributed by atoms with van der Waals surface area (Å²) in [5.74, 6) is -0.962. The predicted molar refractivity (Wildman–Crippen MR) is 353 cm³/mol. The third-order valence-corrected chi connectivity index (χ3v) is 15.7. The number of allylic oxidation sites excluding steroid dienone is 12. The molecule has 0 aliphatic heterocycles. The van der Waals surface area contributed by atoms with Crippen molar-refractivity contribution in [1.82, 2.24) is 0 Å². The molecular formula is C75H134O6. The van der Waals surface area contributed by atoms with Gasteiger partial charge >= 0.3 is 17.9 Å².